The number of hydrogen-bond donors (Lipinski definition) is 3. The van der Waals surface area contributed by atoms with E-state index in [0.29, 0.717) is 90.0 Å². The van der Waals surface area contributed by atoms with Crippen molar-refractivity contribution in [1.29, 1.82) is 0 Å². The summed E-state index contributed by atoms with van der Waals surface area (Å²) in [6.45, 7) is 4.93. The van der Waals surface area contributed by atoms with Crippen LogP contribution >= 0.6 is 31.0 Å². The molecule has 1 aromatic rings. The molecule has 40 heavy (non-hydrogen) atoms. The summed E-state index contributed by atoms with van der Waals surface area (Å²) in [7, 11) is 7.46. The third-order valence-corrected chi connectivity index (χ3v) is 7.37. The number of hydrogen-bond acceptors (Lipinski definition) is 11. The molecule has 226 valence electrons. The van der Waals surface area contributed by atoms with Crippen LogP contribution in [0.2, 0.25) is 0 Å². The van der Waals surface area contributed by atoms with Crippen LogP contribution < -0.4 is 21.1 Å². The number of nitrogens with one attached hydrogen (secondary N) is 2. The van der Waals surface area contributed by atoms with Crippen molar-refractivity contribution in [2.24, 2.45) is 5.73 Å². The minimum Gasteiger partial charge on any atom is -0.490 e. The van der Waals surface area contributed by atoms with Gasteiger partial charge in [0.05, 0.1) is 33.0 Å². The zero-order valence-corrected chi connectivity index (χ0v) is 26.1. The maximum absolute atomic E-state index is 12.6. The van der Waals surface area contributed by atoms with E-state index in [1.54, 1.807) is 44.5 Å². The molecule has 11 nitrogen and oxygen atoms in total. The lowest BCUT2D eigenvalue weighted by atomic mass is 10.2. The summed E-state index contributed by atoms with van der Waals surface area (Å²) in [5.41, 5.74) is 5.40. The molecule has 2 atom stereocenters. The quantitative estimate of drug-likeness (QED) is 0.0391. The maximum atomic E-state index is 12.6. The van der Waals surface area contributed by atoms with Gasteiger partial charge in [-0.2, -0.15) is 0 Å². The Kier molecular flexibility index (Phi) is 22.7. The second-order valence-electron chi connectivity index (χ2n) is 8.06. The van der Waals surface area contributed by atoms with E-state index in [9.17, 15) is 9.59 Å². The van der Waals surface area contributed by atoms with Crippen LogP contribution in [-0.2, 0) is 23.7 Å². The molecule has 0 spiro atoms. The summed E-state index contributed by atoms with van der Waals surface area (Å²) in [4.78, 5) is 24.3. The number of carbonyl (C=O) groups excluding carboxylic acids is 2. The van der Waals surface area contributed by atoms with Gasteiger partial charge in [-0.3, -0.25) is 9.59 Å². The molecule has 1 rings (SSSR count). The smallest absolute Gasteiger partial charge is 0.256 e. The van der Waals surface area contributed by atoms with E-state index >= 15 is 0 Å². The van der Waals surface area contributed by atoms with Crippen molar-refractivity contribution < 1.29 is 33.3 Å². The summed E-state index contributed by atoms with van der Waals surface area (Å²) in [5, 5.41) is 5.80. The molecule has 0 heterocycles. The highest BCUT2D eigenvalue weighted by molar-refractivity contribution is 8.76. The van der Waals surface area contributed by atoms with Crippen molar-refractivity contribution in [3.63, 3.8) is 0 Å². The van der Waals surface area contributed by atoms with Crippen LogP contribution in [0.4, 0.5) is 0 Å². The highest BCUT2D eigenvalue weighted by atomic mass is 33.1. The Labute approximate surface area is 248 Å². The van der Waals surface area contributed by atoms with Gasteiger partial charge in [-0.05, 0) is 47.3 Å². The number of rotatable bonds is 24. The largest absolute Gasteiger partial charge is 0.490 e. The fraction of sp³-hybridized carbons (Fsp3) is 0.615. The first-order valence-electron chi connectivity index (χ1n) is 12.9. The van der Waals surface area contributed by atoms with Crippen LogP contribution in [0.1, 0.15) is 23.2 Å². The highest BCUT2D eigenvalue weighted by Gasteiger charge is 2.14. The number of likely N-dealkylation sites (N-methyl/N-ethyl adjacent to an activating group) is 1. The molecular formula is C26H43N4O7PS2. The monoisotopic (exact) mass is 618 g/mol. The molecule has 1 aromatic carbocycles. The fourth-order valence-corrected chi connectivity index (χ4v) is 4.75. The van der Waals surface area contributed by atoms with Gasteiger partial charge in [-0.15, -0.1) is 0 Å². The number of amides is 2. The highest BCUT2D eigenvalue weighted by Crippen LogP contribution is 2.26. The molecule has 4 N–H and O–H groups in total. The van der Waals surface area contributed by atoms with E-state index in [1.807, 2.05) is 19.4 Å². The SMILES string of the molecule is CNCCN(P)C(=O)c1cccc(OCC(OCCOCCOCCCC(=O)NCCOCC#CN)SSC)c1. The summed E-state index contributed by atoms with van der Waals surface area (Å²) in [6, 6.07) is 9.39. The Balaban J connectivity index is 2.14. The zero-order chi connectivity index (χ0) is 29.3. The Morgan fingerprint density at radius 1 is 1.10 bits per heavy atom. The molecule has 0 saturated carbocycles. The van der Waals surface area contributed by atoms with Gasteiger partial charge in [0.15, 0.2) is 0 Å². The summed E-state index contributed by atoms with van der Waals surface area (Å²) >= 11 is 0. The molecule has 0 saturated heterocycles. The zero-order valence-electron chi connectivity index (χ0n) is 23.4. The Morgan fingerprint density at radius 2 is 1.88 bits per heavy atom. The average Bonchev–Trinajstić information content (AvgIpc) is 2.97. The average molecular weight is 619 g/mol. The predicted octanol–water partition coefficient (Wildman–Crippen LogP) is 1.74. The van der Waals surface area contributed by atoms with Crippen molar-refractivity contribution in [3.8, 4) is 17.7 Å². The lowest BCUT2D eigenvalue weighted by Gasteiger charge is -2.19. The Morgan fingerprint density at radius 3 is 2.62 bits per heavy atom. The first kappa shape index (κ1) is 36.3. The normalized spacial score (nSPS) is 11.4. The van der Waals surface area contributed by atoms with Crippen molar-refractivity contribution in [1.82, 2.24) is 15.3 Å². The van der Waals surface area contributed by atoms with E-state index in [2.05, 4.69) is 32.0 Å². The van der Waals surface area contributed by atoms with Gasteiger partial charge in [0.25, 0.3) is 5.91 Å². The molecule has 0 bridgehead atoms. The van der Waals surface area contributed by atoms with Crippen LogP contribution in [0.5, 0.6) is 5.75 Å². The second-order valence-corrected chi connectivity index (χ2v) is 11.3. The van der Waals surface area contributed by atoms with Crippen LogP contribution in [0, 0.1) is 12.0 Å². The Hall–Kier alpha value is -1.75. The van der Waals surface area contributed by atoms with Gasteiger partial charge in [-0.25, -0.2) is 0 Å². The topological polar surface area (TPSA) is 134 Å². The first-order chi connectivity index (χ1) is 19.5. The molecule has 2 unspecified atom stereocenters. The van der Waals surface area contributed by atoms with Crippen LogP contribution in [-0.4, -0.2) is 108 Å². The standard InChI is InChI=1S/C26H43N4O7PS2/c1-28-10-12-30(38)26(32)22-6-3-7-23(20-22)37-21-25(40-39-2)36-19-18-35-17-16-34-13-4-8-24(31)29-11-15-33-14-5-9-27/h3,6-7,20,25,28H,4,8,10-19,21,27,38H2,1-2H3,(H,29,31). The molecule has 0 aromatic heterocycles. The number of nitrogens with two attached hydrogens (primary N) is 1. The lowest BCUT2D eigenvalue weighted by Crippen LogP contribution is -2.28. The number of nitrogens with zero attached hydrogens (tertiary/aromatic N) is 1. The second kappa shape index (κ2) is 25.0. The molecular weight excluding hydrogens is 575 g/mol. The fourth-order valence-electron chi connectivity index (χ4n) is 3.00. The van der Waals surface area contributed by atoms with Crippen molar-refractivity contribution >= 4 is 42.8 Å². The molecule has 0 aliphatic rings. The summed E-state index contributed by atoms with van der Waals surface area (Å²) < 4.78 is 29.7. The van der Waals surface area contributed by atoms with Crippen molar-refractivity contribution in [2.75, 3.05) is 85.8 Å². The Bertz CT molecular complexity index is 892. The maximum Gasteiger partial charge on any atom is 0.256 e. The van der Waals surface area contributed by atoms with E-state index in [0.717, 1.165) is 0 Å². The van der Waals surface area contributed by atoms with Gasteiger partial charge in [0, 0.05) is 44.3 Å². The van der Waals surface area contributed by atoms with E-state index in [4.69, 9.17) is 29.4 Å². The minimum atomic E-state index is -0.194. The summed E-state index contributed by atoms with van der Waals surface area (Å²) in [6.07, 6.45) is 3.00. The molecule has 0 fully saturated rings. The number of benzene rings is 1. The lowest BCUT2D eigenvalue weighted by molar-refractivity contribution is -0.121. The van der Waals surface area contributed by atoms with Crippen molar-refractivity contribution in [3.05, 3.63) is 29.8 Å². The third-order valence-electron chi connectivity index (χ3n) is 4.97. The van der Waals surface area contributed by atoms with Crippen molar-refractivity contribution in [2.45, 2.75) is 18.3 Å². The van der Waals surface area contributed by atoms with Crippen LogP contribution in [0.25, 0.3) is 0 Å². The van der Waals surface area contributed by atoms with E-state index in [-0.39, 0.29) is 23.9 Å². The molecule has 14 heteroatoms. The molecule has 0 radical (unpaired) electrons. The molecule has 2 amide bonds. The predicted molar refractivity (Wildman–Crippen MR) is 164 cm³/mol. The van der Waals surface area contributed by atoms with Gasteiger partial charge in [0.2, 0.25) is 5.91 Å². The minimum absolute atomic E-state index is 0.0415. The third kappa shape index (κ3) is 18.6. The van der Waals surface area contributed by atoms with Gasteiger partial charge >= 0.3 is 0 Å². The molecule has 0 aliphatic heterocycles. The van der Waals surface area contributed by atoms with Crippen LogP contribution in [0.3, 0.4) is 0 Å². The molecule has 0 aliphatic carbocycles. The van der Waals surface area contributed by atoms with Gasteiger partial charge in [0.1, 0.15) is 24.4 Å². The van der Waals surface area contributed by atoms with Gasteiger partial charge < -0.3 is 44.7 Å². The number of ether oxygens (including phenoxy) is 5. The number of carbonyl (C=O) groups is 2. The van der Waals surface area contributed by atoms with E-state index in [1.165, 1.54) is 0 Å². The summed E-state index contributed by atoms with van der Waals surface area (Å²) in [5.74, 6) is 3.06. The first-order valence-corrected chi connectivity index (χ1v) is 16.1. The van der Waals surface area contributed by atoms with Gasteiger partial charge in [-0.1, -0.05) is 33.6 Å². The van der Waals surface area contributed by atoms with E-state index < -0.39 is 0 Å². The van der Waals surface area contributed by atoms with Crippen LogP contribution in [0.15, 0.2) is 24.3 Å².